The largest absolute Gasteiger partial charge is 2.00 e. The third-order valence-electron chi connectivity index (χ3n) is 0. The number of hydrogen-bond acceptors (Lipinski definition) is 2. The third-order valence-corrected chi connectivity index (χ3v) is 0. The Balaban J connectivity index is -0.00000000333. The van der Waals surface area contributed by atoms with Gasteiger partial charge in [0.15, 0.2) is 0 Å². The van der Waals surface area contributed by atoms with Crippen LogP contribution in [0.3, 0.4) is 0 Å². The van der Waals surface area contributed by atoms with Gasteiger partial charge >= 0.3 is 70.1 Å². The Morgan fingerprint density at radius 3 is 1.00 bits per heavy atom. The molecule has 0 bridgehead atoms. The van der Waals surface area contributed by atoms with Gasteiger partial charge < -0.3 is 11.0 Å². The Morgan fingerprint density at radius 2 is 1.00 bits per heavy atom. The Kier molecular flexibility index (Phi) is 248. The smallest absolute Gasteiger partial charge is 2.00 e. The Bertz CT molecular complexity index is 32.7. The fourth-order valence-electron chi connectivity index (χ4n) is 0. The molecule has 0 aromatic carbocycles. The first-order valence-corrected chi connectivity index (χ1v) is 1.22. The molecular formula is CaMgO4Si. The first-order chi connectivity index (χ1) is 1.41. The third kappa shape index (κ3) is 83.0. The predicted molar refractivity (Wildman–Crippen MR) is 20.0 cm³/mol. The molecule has 0 aliphatic carbocycles. The summed E-state index contributed by atoms with van der Waals surface area (Å²) in [6.07, 6.45) is 0. The van der Waals surface area contributed by atoms with Crippen LogP contribution in [-0.4, -0.2) is 70.1 Å². The summed E-state index contributed by atoms with van der Waals surface area (Å²) in [7, 11) is -1.42. The molecule has 0 saturated heterocycles. The van der Waals surface area contributed by atoms with E-state index in [1.807, 2.05) is 0 Å². The molecule has 0 spiro atoms. The van der Waals surface area contributed by atoms with Gasteiger partial charge in [0.2, 0.25) is 0 Å². The first kappa shape index (κ1) is 37.3. The Labute approximate surface area is 88.7 Å². The molecule has 0 unspecified atom stereocenters. The summed E-state index contributed by atoms with van der Waals surface area (Å²) in [4.78, 5) is 0. The SMILES string of the molecule is O=[Si]=O.[Ca+2].[Mg+2].[O-2].[O-2]. The zero-order valence-corrected chi connectivity index (χ0v) is 8.17. The maximum absolute atomic E-state index is 8.40. The van der Waals surface area contributed by atoms with Crippen LogP contribution in [0.25, 0.3) is 0 Å². The van der Waals surface area contributed by atoms with Gasteiger partial charge in [0.1, 0.15) is 0 Å². The fourth-order valence-corrected chi connectivity index (χ4v) is 0. The van der Waals surface area contributed by atoms with Crippen LogP contribution >= 0.6 is 0 Å². The van der Waals surface area contributed by atoms with E-state index in [9.17, 15) is 0 Å². The maximum atomic E-state index is 8.40. The summed E-state index contributed by atoms with van der Waals surface area (Å²) in [6, 6.07) is 0. The first-order valence-electron chi connectivity index (χ1n) is 0.408. The number of rotatable bonds is 0. The zero-order valence-electron chi connectivity index (χ0n) is 3.55. The summed E-state index contributed by atoms with van der Waals surface area (Å²) in [5, 5.41) is 0. The standard InChI is InChI=1S/Ca.Mg.O2Si.2O/c;;1-3-2;;/q2*+2;;2*-2. The van der Waals surface area contributed by atoms with Gasteiger partial charge in [0.05, 0.1) is 0 Å². The molecule has 0 amide bonds. The van der Waals surface area contributed by atoms with E-state index in [1.165, 1.54) is 0 Å². The van der Waals surface area contributed by atoms with E-state index in [1.54, 1.807) is 0 Å². The molecule has 0 radical (unpaired) electrons. The zero-order chi connectivity index (χ0) is 2.71. The van der Waals surface area contributed by atoms with Gasteiger partial charge in [-0.3, -0.25) is 8.92 Å². The molecule has 32 valence electrons. The van der Waals surface area contributed by atoms with Crippen molar-refractivity contribution in [3.8, 4) is 0 Å². The molecule has 7 heavy (non-hydrogen) atoms. The molecule has 4 nitrogen and oxygen atoms in total. The van der Waals surface area contributed by atoms with E-state index in [-0.39, 0.29) is 71.7 Å². The molecule has 0 fully saturated rings. The topological polar surface area (TPSA) is 91.1 Å². The summed E-state index contributed by atoms with van der Waals surface area (Å²) in [5.41, 5.74) is 0. The van der Waals surface area contributed by atoms with Gasteiger partial charge in [0, 0.05) is 0 Å². The number of hydrogen-bond donors (Lipinski definition) is 0. The summed E-state index contributed by atoms with van der Waals surface area (Å²) in [5.74, 6) is 0. The second-order valence-electron chi connectivity index (χ2n) is 0.0833. The van der Waals surface area contributed by atoms with Crippen LogP contribution in [0.2, 0.25) is 0 Å². The van der Waals surface area contributed by atoms with Crippen LogP contribution in [0.5, 0.6) is 0 Å². The van der Waals surface area contributed by atoms with Crippen molar-refractivity contribution in [1.29, 1.82) is 0 Å². The van der Waals surface area contributed by atoms with Crippen LogP contribution < -0.4 is 0 Å². The minimum absolute atomic E-state index is 0. The van der Waals surface area contributed by atoms with E-state index in [0.29, 0.717) is 0 Å². The quantitative estimate of drug-likeness (QED) is 0.395. The molecule has 7 heteroatoms. The van der Waals surface area contributed by atoms with Crippen molar-refractivity contribution in [2.45, 2.75) is 0 Å². The van der Waals surface area contributed by atoms with Crippen molar-refractivity contribution in [2.75, 3.05) is 0 Å². The van der Waals surface area contributed by atoms with Crippen LogP contribution in [0.15, 0.2) is 0 Å². The van der Waals surface area contributed by atoms with Gasteiger partial charge in [-0.2, -0.15) is 0 Å². The van der Waals surface area contributed by atoms with Crippen molar-refractivity contribution in [3.63, 3.8) is 0 Å². The average Bonchev–Trinajstić information content (AvgIpc) is 0.918. The van der Waals surface area contributed by atoms with Crippen molar-refractivity contribution in [3.05, 3.63) is 0 Å². The van der Waals surface area contributed by atoms with Crippen molar-refractivity contribution >= 4 is 70.1 Å². The van der Waals surface area contributed by atoms with Crippen LogP contribution in [0.4, 0.5) is 0 Å². The monoisotopic (exact) mass is 156 g/mol. The Hall–Kier alpha value is 1.76. The molecular weight excluding hydrogens is 156 g/mol. The normalized spacial score (nSPS) is 1.14. The fraction of sp³-hybridized carbons (Fsp3) is 0. The minimum atomic E-state index is -1.42. The van der Waals surface area contributed by atoms with Gasteiger partial charge in [-0.15, -0.1) is 0 Å². The second-order valence-corrected chi connectivity index (χ2v) is 0.250. The van der Waals surface area contributed by atoms with E-state index in [2.05, 4.69) is 0 Å². The molecule has 0 aliphatic rings. The molecule has 0 N–H and O–H groups in total. The van der Waals surface area contributed by atoms with E-state index in [4.69, 9.17) is 8.92 Å². The summed E-state index contributed by atoms with van der Waals surface area (Å²) < 4.78 is 16.8. The van der Waals surface area contributed by atoms with Gasteiger partial charge in [0.25, 0.3) is 0 Å². The molecule has 0 aliphatic heterocycles. The van der Waals surface area contributed by atoms with Crippen LogP contribution in [0, 0.1) is 0 Å². The van der Waals surface area contributed by atoms with Crippen LogP contribution in [0.1, 0.15) is 0 Å². The summed E-state index contributed by atoms with van der Waals surface area (Å²) >= 11 is 0. The van der Waals surface area contributed by atoms with Gasteiger partial charge in [-0.05, 0) is 0 Å². The Morgan fingerprint density at radius 1 is 1.00 bits per heavy atom. The molecule has 0 rings (SSSR count). The second kappa shape index (κ2) is 46.5. The van der Waals surface area contributed by atoms with Crippen LogP contribution in [-0.2, 0) is 19.9 Å². The summed E-state index contributed by atoms with van der Waals surface area (Å²) in [6.45, 7) is 0. The molecule has 0 aromatic rings. The van der Waals surface area contributed by atoms with Crippen molar-refractivity contribution in [1.82, 2.24) is 0 Å². The molecule has 0 saturated carbocycles. The minimum Gasteiger partial charge on any atom is -2.00 e. The van der Waals surface area contributed by atoms with Gasteiger partial charge in [-0.1, -0.05) is 0 Å². The molecule has 0 heterocycles. The maximum Gasteiger partial charge on any atom is 2.00 e. The van der Waals surface area contributed by atoms with Crippen molar-refractivity contribution < 1.29 is 19.9 Å². The van der Waals surface area contributed by atoms with Gasteiger partial charge in [-0.25, -0.2) is 0 Å². The molecule has 0 atom stereocenters. The predicted octanol–water partition coefficient (Wildman–Crippen LogP) is -1.62. The van der Waals surface area contributed by atoms with E-state index < -0.39 is 9.29 Å². The van der Waals surface area contributed by atoms with Crippen molar-refractivity contribution in [2.24, 2.45) is 0 Å². The van der Waals surface area contributed by atoms with E-state index in [0.717, 1.165) is 0 Å². The molecule has 0 aromatic heterocycles. The van der Waals surface area contributed by atoms with E-state index >= 15 is 0 Å². The average molecular weight is 156 g/mol.